The van der Waals surface area contributed by atoms with Gasteiger partial charge in [0.05, 0.1) is 11.5 Å². The normalized spacial score (nSPS) is 19.4. The van der Waals surface area contributed by atoms with Gasteiger partial charge in [-0.2, -0.15) is 0 Å². The minimum Gasteiger partial charge on any atom is -0.481 e. The number of imidazole rings is 1. The summed E-state index contributed by atoms with van der Waals surface area (Å²) < 4.78 is 0. The molecule has 7 nitrogen and oxygen atoms in total. The molecular formula is C13H20N4O3. The Bertz CT molecular complexity index is 478. The van der Waals surface area contributed by atoms with Crippen LogP contribution in [0.5, 0.6) is 0 Å². The maximum Gasteiger partial charge on any atom is 0.317 e. The van der Waals surface area contributed by atoms with Crippen LogP contribution in [0, 0.1) is 5.41 Å². The van der Waals surface area contributed by atoms with Gasteiger partial charge in [0, 0.05) is 25.5 Å². The van der Waals surface area contributed by atoms with E-state index in [2.05, 4.69) is 15.3 Å². The number of urea groups is 1. The van der Waals surface area contributed by atoms with Gasteiger partial charge in [-0.15, -0.1) is 0 Å². The van der Waals surface area contributed by atoms with Crippen molar-refractivity contribution in [2.45, 2.75) is 32.7 Å². The zero-order valence-corrected chi connectivity index (χ0v) is 11.7. The lowest BCUT2D eigenvalue weighted by Gasteiger charge is -2.36. The number of aromatic amines is 1. The molecule has 7 heteroatoms. The third-order valence-corrected chi connectivity index (χ3v) is 3.94. The molecule has 1 aliphatic rings. The van der Waals surface area contributed by atoms with E-state index in [1.807, 2.05) is 6.92 Å². The molecule has 1 atom stereocenters. The number of aromatic nitrogens is 2. The summed E-state index contributed by atoms with van der Waals surface area (Å²) in [4.78, 5) is 32.0. The van der Waals surface area contributed by atoms with Crippen molar-refractivity contribution in [2.24, 2.45) is 5.41 Å². The van der Waals surface area contributed by atoms with Gasteiger partial charge < -0.3 is 20.3 Å². The van der Waals surface area contributed by atoms with Crippen molar-refractivity contribution < 1.29 is 14.7 Å². The molecule has 1 aliphatic heterocycles. The lowest BCUT2D eigenvalue weighted by atomic mass is 9.80. The minimum absolute atomic E-state index is 0.179. The number of piperidine rings is 1. The average molecular weight is 280 g/mol. The number of hydrogen-bond donors (Lipinski definition) is 3. The van der Waals surface area contributed by atoms with E-state index in [-0.39, 0.29) is 12.1 Å². The van der Waals surface area contributed by atoms with Gasteiger partial charge in [0.1, 0.15) is 5.82 Å². The quantitative estimate of drug-likeness (QED) is 0.778. The monoisotopic (exact) mass is 280 g/mol. The molecule has 0 saturated carbocycles. The highest BCUT2D eigenvalue weighted by Gasteiger charge is 2.38. The van der Waals surface area contributed by atoms with Crippen LogP contribution in [-0.4, -0.2) is 45.1 Å². The van der Waals surface area contributed by atoms with Crippen LogP contribution in [0.2, 0.25) is 0 Å². The number of carbonyl (C=O) groups excluding carboxylic acids is 1. The highest BCUT2D eigenvalue weighted by atomic mass is 16.4. The van der Waals surface area contributed by atoms with E-state index in [0.29, 0.717) is 31.8 Å². The average Bonchev–Trinajstić information content (AvgIpc) is 2.93. The number of aliphatic carboxylic acids is 1. The first-order valence-electron chi connectivity index (χ1n) is 6.70. The molecule has 0 radical (unpaired) electrons. The Hall–Kier alpha value is -2.05. The molecule has 0 aliphatic carbocycles. The Morgan fingerprint density at radius 3 is 2.65 bits per heavy atom. The fraction of sp³-hybridized carbons (Fsp3) is 0.615. The largest absolute Gasteiger partial charge is 0.481 e. The standard InChI is InChI=1S/C13H20N4O3/c1-9(10-14-5-6-15-10)16-12(20)17-7-3-13(2,4-8-17)11(18)19/h5-6,9H,3-4,7-8H2,1-2H3,(H,14,15)(H,16,20)(H,18,19). The molecule has 1 saturated heterocycles. The predicted octanol–water partition coefficient (Wildman–Crippen LogP) is 1.37. The van der Waals surface area contributed by atoms with Crippen LogP contribution in [0.3, 0.4) is 0 Å². The molecule has 2 amide bonds. The Morgan fingerprint density at radius 1 is 1.50 bits per heavy atom. The molecule has 20 heavy (non-hydrogen) atoms. The third-order valence-electron chi connectivity index (χ3n) is 3.94. The number of likely N-dealkylation sites (tertiary alicyclic amines) is 1. The summed E-state index contributed by atoms with van der Waals surface area (Å²) in [6.07, 6.45) is 4.30. The lowest BCUT2D eigenvalue weighted by molar-refractivity contribution is -0.150. The molecule has 1 fully saturated rings. The van der Waals surface area contributed by atoms with Crippen LogP contribution in [0.15, 0.2) is 12.4 Å². The van der Waals surface area contributed by atoms with E-state index < -0.39 is 11.4 Å². The van der Waals surface area contributed by atoms with Crippen molar-refractivity contribution in [1.82, 2.24) is 20.2 Å². The number of rotatable bonds is 3. The Balaban J connectivity index is 1.88. The molecule has 1 unspecified atom stereocenters. The zero-order valence-electron chi connectivity index (χ0n) is 11.7. The molecule has 0 spiro atoms. The van der Waals surface area contributed by atoms with E-state index in [0.717, 1.165) is 0 Å². The van der Waals surface area contributed by atoms with Crippen molar-refractivity contribution in [3.8, 4) is 0 Å². The van der Waals surface area contributed by atoms with Crippen LogP contribution >= 0.6 is 0 Å². The summed E-state index contributed by atoms with van der Waals surface area (Å²) in [7, 11) is 0. The van der Waals surface area contributed by atoms with Gasteiger partial charge in [-0.1, -0.05) is 0 Å². The summed E-state index contributed by atoms with van der Waals surface area (Å²) in [5, 5.41) is 12.0. The van der Waals surface area contributed by atoms with E-state index in [1.54, 1.807) is 24.2 Å². The second-order valence-electron chi connectivity index (χ2n) is 5.50. The molecule has 2 rings (SSSR count). The second-order valence-corrected chi connectivity index (χ2v) is 5.50. The predicted molar refractivity (Wildman–Crippen MR) is 72.1 cm³/mol. The van der Waals surface area contributed by atoms with Crippen molar-refractivity contribution >= 4 is 12.0 Å². The van der Waals surface area contributed by atoms with Gasteiger partial charge >= 0.3 is 12.0 Å². The van der Waals surface area contributed by atoms with Crippen molar-refractivity contribution in [3.05, 3.63) is 18.2 Å². The van der Waals surface area contributed by atoms with Crippen LogP contribution in [0.4, 0.5) is 4.79 Å². The Labute approximate surface area is 117 Å². The first-order chi connectivity index (χ1) is 9.42. The molecule has 2 heterocycles. The number of carboxylic acid groups (broad SMARTS) is 1. The van der Waals surface area contributed by atoms with Crippen molar-refractivity contribution in [3.63, 3.8) is 0 Å². The smallest absolute Gasteiger partial charge is 0.317 e. The maximum absolute atomic E-state index is 12.1. The number of amides is 2. The fourth-order valence-electron chi connectivity index (χ4n) is 2.28. The zero-order chi connectivity index (χ0) is 14.8. The topological polar surface area (TPSA) is 98.3 Å². The number of nitrogens with one attached hydrogen (secondary N) is 2. The van der Waals surface area contributed by atoms with Crippen molar-refractivity contribution in [1.29, 1.82) is 0 Å². The fourth-order valence-corrected chi connectivity index (χ4v) is 2.28. The van der Waals surface area contributed by atoms with Gasteiger partial charge in [-0.05, 0) is 26.7 Å². The minimum atomic E-state index is -0.790. The number of nitrogens with zero attached hydrogens (tertiary/aromatic N) is 2. The van der Waals surface area contributed by atoms with Gasteiger partial charge in [-0.25, -0.2) is 9.78 Å². The highest BCUT2D eigenvalue weighted by Crippen LogP contribution is 2.31. The van der Waals surface area contributed by atoms with Crippen LogP contribution in [-0.2, 0) is 4.79 Å². The van der Waals surface area contributed by atoms with E-state index >= 15 is 0 Å². The first kappa shape index (κ1) is 14.4. The van der Waals surface area contributed by atoms with Crippen LogP contribution in [0.25, 0.3) is 0 Å². The summed E-state index contributed by atoms with van der Waals surface area (Å²) >= 11 is 0. The maximum atomic E-state index is 12.1. The van der Waals surface area contributed by atoms with E-state index in [9.17, 15) is 9.59 Å². The van der Waals surface area contributed by atoms with Crippen molar-refractivity contribution in [2.75, 3.05) is 13.1 Å². The number of carboxylic acids is 1. The van der Waals surface area contributed by atoms with E-state index in [1.165, 1.54) is 0 Å². The summed E-state index contributed by atoms with van der Waals surface area (Å²) in [5.41, 5.74) is -0.719. The third kappa shape index (κ3) is 2.92. The Morgan fingerprint density at radius 2 is 2.15 bits per heavy atom. The first-order valence-corrected chi connectivity index (χ1v) is 6.70. The molecular weight excluding hydrogens is 260 g/mol. The van der Waals surface area contributed by atoms with E-state index in [4.69, 9.17) is 5.11 Å². The number of hydrogen-bond acceptors (Lipinski definition) is 3. The molecule has 3 N–H and O–H groups in total. The van der Waals surface area contributed by atoms with Gasteiger partial charge in [0.25, 0.3) is 0 Å². The van der Waals surface area contributed by atoms with Crippen LogP contribution < -0.4 is 5.32 Å². The number of H-pyrrole nitrogens is 1. The lowest BCUT2D eigenvalue weighted by Crippen LogP contribution is -2.49. The van der Waals surface area contributed by atoms with Gasteiger partial charge in [-0.3, -0.25) is 4.79 Å². The molecule has 1 aromatic heterocycles. The summed E-state index contributed by atoms with van der Waals surface area (Å²) in [6.45, 7) is 4.50. The second kappa shape index (κ2) is 5.52. The summed E-state index contributed by atoms with van der Waals surface area (Å²) in [5.74, 6) is -0.0905. The van der Waals surface area contributed by atoms with Gasteiger partial charge in [0.15, 0.2) is 0 Å². The molecule has 0 bridgehead atoms. The SMILES string of the molecule is CC(NC(=O)N1CCC(C)(C(=O)O)CC1)c1ncc[nH]1. The summed E-state index contributed by atoms with van der Waals surface area (Å²) in [6, 6.07) is -0.383. The molecule has 1 aromatic rings. The molecule has 110 valence electrons. The highest BCUT2D eigenvalue weighted by molar-refractivity contribution is 5.77. The Kier molecular flexibility index (Phi) is 3.96. The van der Waals surface area contributed by atoms with Crippen LogP contribution in [0.1, 0.15) is 38.6 Å². The van der Waals surface area contributed by atoms with Gasteiger partial charge in [0.2, 0.25) is 0 Å². The molecule has 0 aromatic carbocycles. The number of carbonyl (C=O) groups is 2.